The Morgan fingerprint density at radius 2 is 1.55 bits per heavy atom. The van der Waals surface area contributed by atoms with Crippen LogP contribution in [0, 0.1) is 5.41 Å². The van der Waals surface area contributed by atoms with Crippen LogP contribution in [0.4, 0.5) is 0 Å². The first-order chi connectivity index (χ1) is 9.64. The van der Waals surface area contributed by atoms with Crippen molar-refractivity contribution in [1.29, 1.82) is 0 Å². The number of nitrogens with zero attached hydrogens (tertiary/aromatic N) is 1. The second-order valence-electron chi connectivity index (χ2n) is 7.89. The van der Waals surface area contributed by atoms with Crippen molar-refractivity contribution in [2.24, 2.45) is 5.41 Å². The van der Waals surface area contributed by atoms with Crippen molar-refractivity contribution in [2.75, 3.05) is 26.2 Å². The highest BCUT2D eigenvalue weighted by atomic mass is 15.1. The normalized spacial score (nSPS) is 28.4. The molecule has 2 heterocycles. The van der Waals surface area contributed by atoms with Gasteiger partial charge in [-0.2, -0.15) is 0 Å². The molecule has 0 aromatic heterocycles. The van der Waals surface area contributed by atoms with E-state index >= 15 is 0 Å². The molecule has 3 aliphatic rings. The summed E-state index contributed by atoms with van der Waals surface area (Å²) in [4.78, 5) is 1.80. The molecule has 112 valence electrons. The van der Waals surface area contributed by atoms with E-state index in [1.807, 2.05) is 0 Å². The van der Waals surface area contributed by atoms with Gasteiger partial charge in [0.15, 0.2) is 5.71 Å². The van der Waals surface area contributed by atoms with E-state index in [2.05, 4.69) is 24.5 Å². The number of allylic oxidation sites excluding steroid dienone is 2. The molecule has 1 N–H and O–H groups in total. The number of rotatable bonds is 1. The highest BCUT2D eigenvalue weighted by molar-refractivity contribution is 5.92. The first-order valence-electron chi connectivity index (χ1n) is 8.80. The number of nitrogens with one attached hydrogen (secondary N) is 1. The fraction of sp³-hybridized carbons (Fsp3) is 0.833. The highest BCUT2D eigenvalue weighted by Crippen LogP contribution is 2.32. The quantitative estimate of drug-likeness (QED) is 0.703. The summed E-state index contributed by atoms with van der Waals surface area (Å²) in [6.07, 6.45) is 13.7. The van der Waals surface area contributed by atoms with Crippen LogP contribution in [-0.4, -0.2) is 36.5 Å². The van der Waals surface area contributed by atoms with Crippen LogP contribution in [0.2, 0.25) is 0 Å². The van der Waals surface area contributed by atoms with Crippen LogP contribution in [0.1, 0.15) is 65.2 Å². The Hall–Kier alpha value is -0.630. The van der Waals surface area contributed by atoms with Crippen molar-refractivity contribution >= 4 is 5.71 Å². The minimum atomic E-state index is 0.460. The number of hydrogen-bond acceptors (Lipinski definition) is 0. The van der Waals surface area contributed by atoms with Gasteiger partial charge in [0.05, 0.1) is 19.2 Å². The maximum Gasteiger partial charge on any atom is 0.182 e. The molecular weight excluding hydrogens is 244 g/mol. The van der Waals surface area contributed by atoms with Crippen LogP contribution >= 0.6 is 0 Å². The van der Waals surface area contributed by atoms with Gasteiger partial charge in [-0.25, -0.2) is 4.58 Å². The maximum absolute atomic E-state index is 2.66. The molecular formula is C18H32N2+2. The largest absolute Gasteiger partial charge is 0.306 e. The molecule has 0 atom stereocenters. The second kappa shape index (κ2) is 6.01. The highest BCUT2D eigenvalue weighted by Gasteiger charge is 2.36. The van der Waals surface area contributed by atoms with Crippen molar-refractivity contribution in [1.82, 2.24) is 0 Å². The summed E-state index contributed by atoms with van der Waals surface area (Å²) >= 11 is 0. The molecule has 1 aliphatic carbocycles. The third-order valence-corrected chi connectivity index (χ3v) is 5.34. The maximum atomic E-state index is 2.66. The van der Waals surface area contributed by atoms with Gasteiger partial charge in [-0.3, -0.25) is 0 Å². The van der Waals surface area contributed by atoms with Gasteiger partial charge in [-0.05, 0) is 31.1 Å². The zero-order chi connectivity index (χ0) is 14.0. The Morgan fingerprint density at radius 1 is 0.900 bits per heavy atom. The molecule has 2 heteroatoms. The van der Waals surface area contributed by atoms with Gasteiger partial charge in [0.2, 0.25) is 0 Å². The summed E-state index contributed by atoms with van der Waals surface area (Å²) in [5, 5.41) is 0. The molecule has 2 saturated heterocycles. The minimum Gasteiger partial charge on any atom is -0.306 e. The zero-order valence-electron chi connectivity index (χ0n) is 13.5. The molecule has 20 heavy (non-hydrogen) atoms. The van der Waals surface area contributed by atoms with Crippen molar-refractivity contribution in [3.8, 4) is 0 Å². The van der Waals surface area contributed by atoms with E-state index in [-0.39, 0.29) is 0 Å². The molecule has 0 amide bonds. The lowest BCUT2D eigenvalue weighted by Gasteiger charge is -2.31. The topological polar surface area (TPSA) is 7.45 Å². The summed E-state index contributed by atoms with van der Waals surface area (Å²) in [6, 6.07) is 0. The second-order valence-corrected chi connectivity index (χ2v) is 7.89. The Labute approximate surface area is 124 Å². The lowest BCUT2D eigenvalue weighted by atomic mass is 9.78. The van der Waals surface area contributed by atoms with Gasteiger partial charge in [0.25, 0.3) is 0 Å². The monoisotopic (exact) mass is 276 g/mol. The third kappa shape index (κ3) is 3.33. The number of likely N-dealkylation sites (tertiary alicyclic amines) is 1. The Bertz CT molecular complexity index is 401. The molecule has 0 saturated carbocycles. The van der Waals surface area contributed by atoms with E-state index in [1.54, 1.807) is 16.3 Å². The minimum absolute atomic E-state index is 0.460. The summed E-state index contributed by atoms with van der Waals surface area (Å²) in [7, 11) is 0. The van der Waals surface area contributed by atoms with Crippen LogP contribution in [0.3, 0.4) is 0 Å². The van der Waals surface area contributed by atoms with Gasteiger partial charge in [-0.1, -0.05) is 13.8 Å². The predicted octanol–water partition coefficient (Wildman–Crippen LogP) is 2.40. The molecule has 2 aliphatic heterocycles. The van der Waals surface area contributed by atoms with Gasteiger partial charge in [-0.15, -0.1) is 0 Å². The van der Waals surface area contributed by atoms with E-state index in [0.29, 0.717) is 5.41 Å². The summed E-state index contributed by atoms with van der Waals surface area (Å²) in [6.45, 7) is 10.3. The van der Waals surface area contributed by atoms with E-state index in [1.165, 1.54) is 77.5 Å². The van der Waals surface area contributed by atoms with E-state index in [9.17, 15) is 0 Å². The summed E-state index contributed by atoms with van der Waals surface area (Å²) in [5.74, 6) is 0. The Balaban J connectivity index is 1.85. The molecule has 3 rings (SSSR count). The van der Waals surface area contributed by atoms with Crippen molar-refractivity contribution in [3.63, 3.8) is 0 Å². The van der Waals surface area contributed by atoms with E-state index in [0.717, 1.165) is 0 Å². The SMILES string of the molecule is CC1(C)CC([NH+]2CCCCCC2)=CC(=[N+]2CCCC2)C1. The fourth-order valence-corrected chi connectivity index (χ4v) is 4.28. The van der Waals surface area contributed by atoms with Crippen molar-refractivity contribution in [2.45, 2.75) is 65.2 Å². The standard InChI is InChI=1S/C18H31N2/c1-18(2)14-16(19-9-5-3-4-6-10-19)13-17(15-18)20-11-7-8-12-20/h13H,3-12,14-15H2,1-2H3/q+1/p+1. The predicted molar refractivity (Wildman–Crippen MR) is 84.5 cm³/mol. The first kappa shape index (κ1) is 14.3. The molecule has 2 nitrogen and oxygen atoms in total. The molecule has 0 bridgehead atoms. The van der Waals surface area contributed by atoms with Crippen molar-refractivity contribution < 1.29 is 9.48 Å². The molecule has 0 radical (unpaired) electrons. The van der Waals surface area contributed by atoms with Crippen LogP contribution < -0.4 is 4.90 Å². The molecule has 0 aromatic carbocycles. The average molecular weight is 276 g/mol. The van der Waals surface area contributed by atoms with E-state index in [4.69, 9.17) is 0 Å². The first-order valence-corrected chi connectivity index (χ1v) is 8.80. The number of quaternary nitrogens is 1. The fourth-order valence-electron chi connectivity index (χ4n) is 4.28. The van der Waals surface area contributed by atoms with Gasteiger partial charge in [0, 0.05) is 25.7 Å². The van der Waals surface area contributed by atoms with Crippen LogP contribution in [0.15, 0.2) is 11.8 Å². The lowest BCUT2D eigenvalue weighted by molar-refractivity contribution is -0.862. The smallest absolute Gasteiger partial charge is 0.182 e. The Kier molecular flexibility index (Phi) is 4.30. The Morgan fingerprint density at radius 3 is 2.20 bits per heavy atom. The average Bonchev–Trinajstić information content (AvgIpc) is 2.79. The van der Waals surface area contributed by atoms with Crippen LogP contribution in [0.25, 0.3) is 0 Å². The third-order valence-electron chi connectivity index (χ3n) is 5.34. The van der Waals surface area contributed by atoms with Gasteiger partial charge in [0.1, 0.15) is 18.8 Å². The molecule has 2 fully saturated rings. The molecule has 0 aromatic rings. The lowest BCUT2D eigenvalue weighted by Crippen LogP contribution is -3.10. The van der Waals surface area contributed by atoms with Crippen LogP contribution in [-0.2, 0) is 0 Å². The number of hydrogen-bond donors (Lipinski definition) is 1. The molecule has 0 spiro atoms. The molecule has 0 unspecified atom stereocenters. The summed E-state index contributed by atoms with van der Waals surface area (Å²) < 4.78 is 2.66. The zero-order valence-corrected chi connectivity index (χ0v) is 13.5. The van der Waals surface area contributed by atoms with Crippen molar-refractivity contribution in [3.05, 3.63) is 11.8 Å². The summed E-state index contributed by atoms with van der Waals surface area (Å²) in [5.41, 5.74) is 3.82. The van der Waals surface area contributed by atoms with Crippen LogP contribution in [0.5, 0.6) is 0 Å². The van der Waals surface area contributed by atoms with Gasteiger partial charge < -0.3 is 4.90 Å². The van der Waals surface area contributed by atoms with E-state index < -0.39 is 0 Å². The van der Waals surface area contributed by atoms with Gasteiger partial charge >= 0.3 is 0 Å².